The van der Waals surface area contributed by atoms with Crippen LogP contribution in [0.25, 0.3) is 0 Å². The van der Waals surface area contributed by atoms with Crippen LogP contribution in [0.5, 0.6) is 0 Å². The van der Waals surface area contributed by atoms with Crippen LogP contribution in [0.4, 0.5) is 0 Å². The van der Waals surface area contributed by atoms with Gasteiger partial charge in [0.2, 0.25) is 0 Å². The Bertz CT molecular complexity index is 652. The molecule has 1 fully saturated rings. The van der Waals surface area contributed by atoms with Gasteiger partial charge >= 0.3 is 0 Å². The van der Waals surface area contributed by atoms with Gasteiger partial charge in [0.25, 0.3) is 0 Å². The summed E-state index contributed by atoms with van der Waals surface area (Å²) in [6.07, 6.45) is 15.3. The third kappa shape index (κ3) is 7.31. The van der Waals surface area contributed by atoms with E-state index in [0.29, 0.717) is 24.2 Å². The summed E-state index contributed by atoms with van der Waals surface area (Å²) in [5, 5.41) is 6.09. The number of allylic oxidation sites excluding steroid dienone is 3. The van der Waals surface area contributed by atoms with Crippen molar-refractivity contribution in [2.24, 2.45) is 17.2 Å². The topological polar surface area (TPSA) is 115 Å². The maximum absolute atomic E-state index is 6.46. The lowest BCUT2D eigenvalue weighted by molar-refractivity contribution is 0.214. The summed E-state index contributed by atoms with van der Waals surface area (Å²) in [6.45, 7) is 7.39. The molecule has 2 rings (SSSR count). The third-order valence-corrected chi connectivity index (χ3v) is 5.03. The van der Waals surface area contributed by atoms with Crippen LogP contribution >= 0.6 is 0 Å². The summed E-state index contributed by atoms with van der Waals surface area (Å²) >= 11 is 0. The fourth-order valence-corrected chi connectivity index (χ4v) is 3.29. The van der Waals surface area contributed by atoms with Crippen LogP contribution in [0.2, 0.25) is 0 Å². The van der Waals surface area contributed by atoms with Crippen LogP contribution < -0.4 is 27.8 Å². The lowest BCUT2D eigenvalue weighted by atomic mass is 10.0. The zero-order valence-electron chi connectivity index (χ0n) is 16.6. The minimum absolute atomic E-state index is 0.309. The largest absolute Gasteiger partial charge is 0.494 e. The average molecular weight is 387 g/mol. The molecule has 154 valence electrons. The minimum atomic E-state index is -0.460. The standard InChI is InChI=1S/C21H34N6O/c1-3-25-20(23)19(11-14-27-12-9-17(22)10-13-27)21(24)26-18-6-4-5-15-28-16(2)7-8-18/h1,6-8,17,21,25-26H,2,4-5,9-15,22-24H2/b8-7?,18-6?,20-19+/t21-/m1/s1. The highest BCUT2D eigenvalue weighted by molar-refractivity contribution is 5.27. The van der Waals surface area contributed by atoms with E-state index < -0.39 is 6.17 Å². The van der Waals surface area contributed by atoms with Crippen molar-refractivity contribution in [1.29, 1.82) is 0 Å². The molecule has 1 saturated heterocycles. The van der Waals surface area contributed by atoms with Crippen LogP contribution in [0, 0.1) is 12.5 Å². The molecule has 0 aromatic carbocycles. The highest BCUT2D eigenvalue weighted by Crippen LogP contribution is 2.15. The van der Waals surface area contributed by atoms with E-state index in [-0.39, 0.29) is 0 Å². The maximum atomic E-state index is 6.46. The van der Waals surface area contributed by atoms with E-state index in [4.69, 9.17) is 28.4 Å². The molecule has 0 spiro atoms. The SMILES string of the molecule is C#CN/C(N)=C(\CCN1CCC(N)CC1)[C@H](N)NC1=CCCCOC(=C)C=C1. The number of ether oxygens (including phenoxy) is 1. The average Bonchev–Trinajstić information content (AvgIpc) is 2.76. The smallest absolute Gasteiger partial charge is 0.112 e. The van der Waals surface area contributed by atoms with Crippen molar-refractivity contribution >= 4 is 0 Å². The predicted octanol–water partition coefficient (Wildman–Crippen LogP) is 0.789. The minimum Gasteiger partial charge on any atom is -0.494 e. The Kier molecular flexibility index (Phi) is 8.95. The number of nitrogens with one attached hydrogen (secondary N) is 2. The van der Waals surface area contributed by atoms with Crippen LogP contribution in [0.3, 0.4) is 0 Å². The van der Waals surface area contributed by atoms with Gasteiger partial charge in [-0.25, -0.2) is 0 Å². The lowest BCUT2D eigenvalue weighted by Crippen LogP contribution is -2.43. The van der Waals surface area contributed by atoms with E-state index in [1.165, 1.54) is 0 Å². The third-order valence-electron chi connectivity index (χ3n) is 5.03. The first-order valence-corrected chi connectivity index (χ1v) is 9.89. The lowest BCUT2D eigenvalue weighted by Gasteiger charge is -2.31. The summed E-state index contributed by atoms with van der Waals surface area (Å²) in [4.78, 5) is 2.39. The normalized spacial score (nSPS) is 21.2. The zero-order chi connectivity index (χ0) is 20.4. The van der Waals surface area contributed by atoms with Gasteiger partial charge in [0.05, 0.1) is 6.61 Å². The molecule has 1 atom stereocenters. The fourth-order valence-electron chi connectivity index (χ4n) is 3.29. The molecule has 0 saturated carbocycles. The molecule has 0 aromatic rings. The second-order valence-electron chi connectivity index (χ2n) is 7.21. The summed E-state index contributed by atoms with van der Waals surface area (Å²) in [7, 11) is 0. The van der Waals surface area contributed by atoms with Gasteiger partial charge in [0.1, 0.15) is 17.7 Å². The molecule has 0 aliphatic carbocycles. The van der Waals surface area contributed by atoms with Crippen molar-refractivity contribution in [3.8, 4) is 12.5 Å². The zero-order valence-corrected chi connectivity index (χ0v) is 16.6. The second-order valence-corrected chi connectivity index (χ2v) is 7.21. The van der Waals surface area contributed by atoms with Gasteiger partial charge in [0, 0.05) is 29.9 Å². The molecule has 2 aliphatic rings. The number of piperidine rings is 1. The molecular weight excluding hydrogens is 352 g/mol. The van der Waals surface area contributed by atoms with Crippen molar-refractivity contribution in [2.45, 2.75) is 44.3 Å². The first-order chi connectivity index (χ1) is 13.5. The van der Waals surface area contributed by atoms with Gasteiger partial charge in [-0.05, 0) is 57.3 Å². The Morgan fingerprint density at radius 1 is 1.39 bits per heavy atom. The highest BCUT2D eigenvalue weighted by atomic mass is 16.5. The van der Waals surface area contributed by atoms with Gasteiger partial charge in [-0.1, -0.05) is 19.1 Å². The number of rotatable bonds is 7. The molecule has 0 radical (unpaired) electrons. The first-order valence-electron chi connectivity index (χ1n) is 9.89. The van der Waals surface area contributed by atoms with Crippen LogP contribution in [0.1, 0.15) is 32.1 Å². The van der Waals surface area contributed by atoms with E-state index in [2.05, 4.69) is 34.2 Å². The van der Waals surface area contributed by atoms with E-state index in [0.717, 1.165) is 63.0 Å². The van der Waals surface area contributed by atoms with Gasteiger partial charge in [-0.15, -0.1) is 0 Å². The highest BCUT2D eigenvalue weighted by Gasteiger charge is 2.19. The summed E-state index contributed by atoms with van der Waals surface area (Å²) < 4.78 is 5.50. The van der Waals surface area contributed by atoms with Gasteiger partial charge in [-0.2, -0.15) is 0 Å². The number of likely N-dealkylation sites (tertiary alicyclic amines) is 1. The van der Waals surface area contributed by atoms with Gasteiger partial charge in [-0.3, -0.25) is 0 Å². The van der Waals surface area contributed by atoms with Crippen LogP contribution in [-0.2, 0) is 4.74 Å². The monoisotopic (exact) mass is 386 g/mol. The molecule has 0 aromatic heterocycles. The Balaban J connectivity index is 2.04. The molecule has 0 bridgehead atoms. The molecule has 8 N–H and O–H groups in total. The van der Waals surface area contributed by atoms with Crippen molar-refractivity contribution in [2.75, 3.05) is 26.2 Å². The molecule has 28 heavy (non-hydrogen) atoms. The molecule has 7 heteroatoms. The Morgan fingerprint density at radius 3 is 2.86 bits per heavy atom. The molecule has 7 nitrogen and oxygen atoms in total. The van der Waals surface area contributed by atoms with Crippen molar-refractivity contribution in [3.63, 3.8) is 0 Å². The number of terminal acetylenes is 1. The van der Waals surface area contributed by atoms with Gasteiger partial charge in [0.15, 0.2) is 0 Å². The van der Waals surface area contributed by atoms with Crippen molar-refractivity contribution < 1.29 is 4.74 Å². The molecular formula is C21H34N6O. The number of nitrogens with zero attached hydrogens (tertiary/aromatic N) is 1. The van der Waals surface area contributed by atoms with E-state index in [9.17, 15) is 0 Å². The van der Waals surface area contributed by atoms with E-state index in [1.54, 1.807) is 0 Å². The quantitative estimate of drug-likeness (QED) is 0.250. The second kappa shape index (κ2) is 11.4. The van der Waals surface area contributed by atoms with Crippen molar-refractivity contribution in [1.82, 2.24) is 15.5 Å². The van der Waals surface area contributed by atoms with Gasteiger partial charge < -0.3 is 37.5 Å². The van der Waals surface area contributed by atoms with E-state index >= 15 is 0 Å². The molecule has 2 aliphatic heterocycles. The number of nitrogens with two attached hydrogens (primary N) is 3. The van der Waals surface area contributed by atoms with E-state index in [1.807, 2.05) is 12.2 Å². The Morgan fingerprint density at radius 2 is 2.14 bits per heavy atom. The maximum Gasteiger partial charge on any atom is 0.112 e. The Labute approximate surface area is 168 Å². The number of hydrogen-bond acceptors (Lipinski definition) is 7. The first kappa shape index (κ1) is 21.9. The molecule has 0 amide bonds. The summed E-state index contributed by atoms with van der Waals surface area (Å²) in [5.74, 6) is 1.06. The number of hydrogen-bond donors (Lipinski definition) is 5. The molecule has 0 unspecified atom stereocenters. The van der Waals surface area contributed by atoms with Crippen LogP contribution in [0.15, 0.2) is 47.7 Å². The molecule has 2 heterocycles. The summed E-state index contributed by atoms with van der Waals surface area (Å²) in [6, 6.07) is 2.69. The van der Waals surface area contributed by atoms with Crippen LogP contribution in [-0.4, -0.2) is 43.3 Å². The predicted molar refractivity (Wildman–Crippen MR) is 114 cm³/mol. The summed E-state index contributed by atoms with van der Waals surface area (Å²) in [5.41, 5.74) is 20.4. The Hall–Kier alpha value is -2.40. The van der Waals surface area contributed by atoms with Crippen molar-refractivity contribution in [3.05, 3.63) is 47.7 Å². The fraction of sp³-hybridized carbons (Fsp3) is 0.524.